The molecule has 7 nitrogen and oxygen atoms in total. The number of hydrogen-bond donors (Lipinski definition) is 1. The van der Waals surface area contributed by atoms with E-state index in [-0.39, 0.29) is 23.4 Å². The third-order valence-corrected chi connectivity index (χ3v) is 6.22. The Hall–Kier alpha value is -3.03. The Bertz CT molecular complexity index is 1200. The Kier molecular flexibility index (Phi) is 6.39. The number of fused-ring (bicyclic) bond motifs is 1. The third-order valence-electron chi connectivity index (χ3n) is 5.40. The molecule has 2 heterocycles. The van der Waals surface area contributed by atoms with Crippen LogP contribution in [0.25, 0.3) is 10.9 Å². The lowest BCUT2D eigenvalue weighted by Crippen LogP contribution is -2.50. The number of esters is 1. The van der Waals surface area contributed by atoms with Crippen molar-refractivity contribution in [2.45, 2.75) is 6.92 Å². The van der Waals surface area contributed by atoms with Gasteiger partial charge in [-0.2, -0.15) is 0 Å². The van der Waals surface area contributed by atoms with E-state index >= 15 is 0 Å². The fraction of sp³-hybridized carbons (Fsp3) is 0.261. The van der Waals surface area contributed by atoms with Gasteiger partial charge in [0.2, 0.25) is 0 Å². The van der Waals surface area contributed by atoms with Gasteiger partial charge in [-0.25, -0.2) is 4.79 Å². The van der Waals surface area contributed by atoms with Crippen molar-refractivity contribution in [1.82, 2.24) is 14.8 Å². The Morgan fingerprint density at radius 2 is 1.66 bits per heavy atom. The average Bonchev–Trinajstić information content (AvgIpc) is 3.24. The number of nitrogens with one attached hydrogen (secondary N) is 1. The Balaban J connectivity index is 1.44. The Labute approximate surface area is 194 Å². The van der Waals surface area contributed by atoms with Crippen LogP contribution in [-0.2, 0) is 4.74 Å². The van der Waals surface area contributed by atoms with Gasteiger partial charge in [-0.1, -0.05) is 29.3 Å². The van der Waals surface area contributed by atoms with Crippen LogP contribution in [0, 0.1) is 0 Å². The van der Waals surface area contributed by atoms with Gasteiger partial charge in [0.1, 0.15) is 5.69 Å². The number of ether oxygens (including phenoxy) is 1. The number of benzene rings is 2. The summed E-state index contributed by atoms with van der Waals surface area (Å²) in [7, 11) is 0. The lowest BCUT2D eigenvalue weighted by molar-refractivity contribution is 0.0520. The molecular weight excluding hydrogens is 453 g/mol. The van der Waals surface area contributed by atoms with Gasteiger partial charge in [-0.05, 0) is 43.3 Å². The average molecular weight is 474 g/mol. The maximum atomic E-state index is 13.0. The molecule has 9 heteroatoms. The van der Waals surface area contributed by atoms with Crippen molar-refractivity contribution in [2.75, 3.05) is 32.8 Å². The van der Waals surface area contributed by atoms with Gasteiger partial charge < -0.3 is 19.5 Å². The van der Waals surface area contributed by atoms with E-state index in [9.17, 15) is 14.4 Å². The second kappa shape index (κ2) is 9.22. The smallest absolute Gasteiger partial charge is 0.354 e. The van der Waals surface area contributed by atoms with Crippen molar-refractivity contribution in [2.24, 2.45) is 0 Å². The molecule has 4 rings (SSSR count). The van der Waals surface area contributed by atoms with Crippen LogP contribution in [0.1, 0.15) is 38.1 Å². The van der Waals surface area contributed by atoms with Crippen molar-refractivity contribution in [3.05, 3.63) is 69.3 Å². The minimum absolute atomic E-state index is 0.126. The topological polar surface area (TPSA) is 82.7 Å². The summed E-state index contributed by atoms with van der Waals surface area (Å²) < 4.78 is 5.01. The van der Waals surface area contributed by atoms with Gasteiger partial charge in [0.05, 0.1) is 22.2 Å². The van der Waals surface area contributed by atoms with E-state index in [1.807, 2.05) is 0 Å². The van der Waals surface area contributed by atoms with Gasteiger partial charge in [0.25, 0.3) is 11.8 Å². The first-order valence-corrected chi connectivity index (χ1v) is 11.0. The number of halogens is 2. The fourth-order valence-corrected chi connectivity index (χ4v) is 4.10. The lowest BCUT2D eigenvalue weighted by atomic mass is 10.1. The van der Waals surface area contributed by atoms with Crippen LogP contribution in [0.4, 0.5) is 0 Å². The first kappa shape index (κ1) is 22.2. The molecule has 2 aromatic carbocycles. The SMILES string of the molecule is CCOC(=O)c1cc2cc(C(=O)N3CCN(C(=O)c4cccc(Cl)c4Cl)CC3)ccc2[nH]1. The molecule has 0 aliphatic carbocycles. The summed E-state index contributed by atoms with van der Waals surface area (Å²) in [4.78, 5) is 44.1. The number of carbonyl (C=O) groups excluding carboxylic acids is 3. The van der Waals surface area contributed by atoms with Crippen LogP contribution in [-0.4, -0.2) is 65.4 Å². The zero-order valence-corrected chi connectivity index (χ0v) is 18.9. The molecule has 1 N–H and O–H groups in total. The highest BCUT2D eigenvalue weighted by molar-refractivity contribution is 6.43. The predicted octanol–water partition coefficient (Wildman–Crippen LogP) is 4.25. The normalized spacial score (nSPS) is 14.0. The predicted molar refractivity (Wildman–Crippen MR) is 123 cm³/mol. The molecule has 1 aliphatic heterocycles. The van der Waals surface area contributed by atoms with Gasteiger partial charge in [0.15, 0.2) is 0 Å². The molecule has 1 aromatic heterocycles. The number of rotatable bonds is 4. The largest absolute Gasteiger partial charge is 0.461 e. The molecule has 1 aliphatic rings. The summed E-state index contributed by atoms with van der Waals surface area (Å²) in [6.07, 6.45) is 0. The number of aromatic nitrogens is 1. The van der Waals surface area contributed by atoms with E-state index in [4.69, 9.17) is 27.9 Å². The zero-order chi connectivity index (χ0) is 22.8. The number of amides is 2. The van der Waals surface area contributed by atoms with E-state index in [0.29, 0.717) is 48.0 Å². The quantitative estimate of drug-likeness (QED) is 0.574. The minimum atomic E-state index is -0.433. The number of carbonyl (C=O) groups is 3. The highest BCUT2D eigenvalue weighted by Gasteiger charge is 2.27. The molecule has 0 unspecified atom stereocenters. The molecule has 0 bridgehead atoms. The molecule has 0 spiro atoms. The highest BCUT2D eigenvalue weighted by atomic mass is 35.5. The molecule has 1 saturated heterocycles. The van der Waals surface area contributed by atoms with E-state index in [1.165, 1.54) is 0 Å². The molecule has 2 amide bonds. The minimum Gasteiger partial charge on any atom is -0.461 e. The molecule has 32 heavy (non-hydrogen) atoms. The monoisotopic (exact) mass is 473 g/mol. The van der Waals surface area contributed by atoms with Gasteiger partial charge in [0, 0.05) is 42.6 Å². The molecule has 0 saturated carbocycles. The second-order valence-corrected chi connectivity index (χ2v) is 8.18. The number of H-pyrrole nitrogens is 1. The van der Waals surface area contributed by atoms with Crippen LogP contribution in [0.2, 0.25) is 10.0 Å². The van der Waals surface area contributed by atoms with Crippen molar-refractivity contribution >= 4 is 51.9 Å². The summed E-state index contributed by atoms with van der Waals surface area (Å²) >= 11 is 12.2. The molecule has 0 atom stereocenters. The lowest BCUT2D eigenvalue weighted by Gasteiger charge is -2.35. The second-order valence-electron chi connectivity index (χ2n) is 7.39. The number of aromatic amines is 1. The van der Waals surface area contributed by atoms with E-state index < -0.39 is 5.97 Å². The molecule has 3 aromatic rings. The number of nitrogens with zero attached hydrogens (tertiary/aromatic N) is 2. The molecule has 166 valence electrons. The van der Waals surface area contributed by atoms with Crippen molar-refractivity contribution in [3.63, 3.8) is 0 Å². The highest BCUT2D eigenvalue weighted by Crippen LogP contribution is 2.27. The van der Waals surface area contributed by atoms with E-state index in [0.717, 1.165) is 10.9 Å². The van der Waals surface area contributed by atoms with Crippen LogP contribution < -0.4 is 0 Å². The summed E-state index contributed by atoms with van der Waals surface area (Å²) in [6, 6.07) is 11.9. The first-order chi connectivity index (χ1) is 15.4. The summed E-state index contributed by atoms with van der Waals surface area (Å²) in [5, 5.41) is 1.32. The van der Waals surface area contributed by atoms with Crippen LogP contribution >= 0.6 is 23.2 Å². The van der Waals surface area contributed by atoms with Crippen LogP contribution in [0.15, 0.2) is 42.5 Å². The summed E-state index contributed by atoms with van der Waals surface area (Å²) in [6.45, 7) is 3.63. The Morgan fingerprint density at radius 1 is 0.969 bits per heavy atom. The molecule has 1 fully saturated rings. The van der Waals surface area contributed by atoms with Crippen molar-refractivity contribution in [3.8, 4) is 0 Å². The number of hydrogen-bond acceptors (Lipinski definition) is 4. The zero-order valence-electron chi connectivity index (χ0n) is 17.4. The first-order valence-electron chi connectivity index (χ1n) is 10.2. The molecular formula is C23H21Cl2N3O4. The fourth-order valence-electron chi connectivity index (χ4n) is 3.72. The van der Waals surface area contributed by atoms with E-state index in [2.05, 4.69) is 4.98 Å². The maximum absolute atomic E-state index is 13.0. The van der Waals surface area contributed by atoms with Gasteiger partial charge in [-0.3, -0.25) is 9.59 Å². The van der Waals surface area contributed by atoms with Crippen molar-refractivity contribution in [1.29, 1.82) is 0 Å². The standard InChI is InChI=1S/C23H21Cl2N3O4/c1-2-32-23(31)19-13-15-12-14(6-7-18(15)26-19)21(29)27-8-10-28(11-9-27)22(30)16-4-3-5-17(24)20(16)25/h3-7,12-13,26H,2,8-11H2,1H3. The van der Waals surface area contributed by atoms with Crippen LogP contribution in [0.3, 0.4) is 0 Å². The van der Waals surface area contributed by atoms with Gasteiger partial charge in [-0.15, -0.1) is 0 Å². The summed E-state index contributed by atoms with van der Waals surface area (Å²) in [5.74, 6) is -0.763. The third kappa shape index (κ3) is 4.31. The van der Waals surface area contributed by atoms with Crippen molar-refractivity contribution < 1.29 is 19.1 Å². The number of piperazine rings is 1. The van der Waals surface area contributed by atoms with E-state index in [1.54, 1.807) is 59.2 Å². The van der Waals surface area contributed by atoms with Gasteiger partial charge >= 0.3 is 5.97 Å². The maximum Gasteiger partial charge on any atom is 0.354 e. The Morgan fingerprint density at radius 3 is 2.34 bits per heavy atom. The van der Waals surface area contributed by atoms with Crippen LogP contribution in [0.5, 0.6) is 0 Å². The molecule has 0 radical (unpaired) electrons. The summed E-state index contributed by atoms with van der Waals surface area (Å²) in [5.41, 5.74) is 1.97.